The SMILES string of the molecule is C=CCCCOc1c(CC(N)CC)cccc1OC. The summed E-state index contributed by atoms with van der Waals surface area (Å²) in [6.07, 6.45) is 5.58. The molecule has 0 amide bonds. The van der Waals surface area contributed by atoms with Gasteiger partial charge >= 0.3 is 0 Å². The molecule has 19 heavy (non-hydrogen) atoms. The minimum atomic E-state index is 0.155. The molecule has 0 spiro atoms. The summed E-state index contributed by atoms with van der Waals surface area (Å²) in [6.45, 7) is 6.47. The van der Waals surface area contributed by atoms with Gasteiger partial charge in [0.25, 0.3) is 0 Å². The number of unbranched alkanes of at least 4 members (excludes halogenated alkanes) is 1. The van der Waals surface area contributed by atoms with Crippen molar-refractivity contribution in [3.63, 3.8) is 0 Å². The van der Waals surface area contributed by atoms with E-state index in [2.05, 4.69) is 19.6 Å². The van der Waals surface area contributed by atoms with E-state index in [9.17, 15) is 0 Å². The second-order valence-corrected chi connectivity index (χ2v) is 4.60. The van der Waals surface area contributed by atoms with Gasteiger partial charge in [0.05, 0.1) is 13.7 Å². The van der Waals surface area contributed by atoms with Gasteiger partial charge in [0, 0.05) is 6.04 Å². The lowest BCUT2D eigenvalue weighted by Crippen LogP contribution is -2.21. The molecule has 0 bridgehead atoms. The van der Waals surface area contributed by atoms with Crippen molar-refractivity contribution < 1.29 is 9.47 Å². The maximum absolute atomic E-state index is 6.03. The van der Waals surface area contributed by atoms with E-state index in [4.69, 9.17) is 15.2 Å². The van der Waals surface area contributed by atoms with Crippen molar-refractivity contribution in [1.29, 1.82) is 0 Å². The number of hydrogen-bond donors (Lipinski definition) is 1. The van der Waals surface area contributed by atoms with Gasteiger partial charge in [0.2, 0.25) is 0 Å². The van der Waals surface area contributed by atoms with E-state index in [0.717, 1.165) is 42.7 Å². The number of ether oxygens (including phenoxy) is 2. The zero-order valence-electron chi connectivity index (χ0n) is 12.0. The van der Waals surface area contributed by atoms with Gasteiger partial charge in [0.15, 0.2) is 11.5 Å². The zero-order valence-corrected chi connectivity index (χ0v) is 12.0. The van der Waals surface area contributed by atoms with E-state index >= 15 is 0 Å². The number of para-hydroxylation sites is 1. The lowest BCUT2D eigenvalue weighted by molar-refractivity contribution is 0.286. The lowest BCUT2D eigenvalue weighted by Gasteiger charge is -2.17. The second kappa shape index (κ2) is 8.59. The van der Waals surface area contributed by atoms with Crippen molar-refractivity contribution >= 4 is 0 Å². The Hall–Kier alpha value is -1.48. The average Bonchev–Trinajstić information content (AvgIpc) is 2.44. The zero-order chi connectivity index (χ0) is 14.1. The van der Waals surface area contributed by atoms with Crippen LogP contribution in [0.4, 0.5) is 0 Å². The van der Waals surface area contributed by atoms with Crippen LogP contribution in [-0.4, -0.2) is 19.8 Å². The Kier molecular flexibility index (Phi) is 7.04. The summed E-state index contributed by atoms with van der Waals surface area (Å²) in [6, 6.07) is 6.11. The first-order valence-electron chi connectivity index (χ1n) is 6.88. The Bertz CT molecular complexity index is 390. The van der Waals surface area contributed by atoms with E-state index in [1.807, 2.05) is 18.2 Å². The normalized spacial score (nSPS) is 11.9. The number of hydrogen-bond acceptors (Lipinski definition) is 3. The van der Waals surface area contributed by atoms with Crippen LogP contribution >= 0.6 is 0 Å². The predicted molar refractivity (Wildman–Crippen MR) is 79.9 cm³/mol. The van der Waals surface area contributed by atoms with Crippen molar-refractivity contribution in [3.8, 4) is 11.5 Å². The summed E-state index contributed by atoms with van der Waals surface area (Å²) in [5, 5.41) is 0. The quantitative estimate of drug-likeness (QED) is 0.549. The molecule has 0 saturated heterocycles. The van der Waals surface area contributed by atoms with Gasteiger partial charge in [0.1, 0.15) is 0 Å². The van der Waals surface area contributed by atoms with E-state index in [0.29, 0.717) is 6.61 Å². The maximum Gasteiger partial charge on any atom is 0.164 e. The molecule has 1 aromatic carbocycles. The minimum Gasteiger partial charge on any atom is -0.493 e. The Labute approximate surface area is 116 Å². The molecule has 106 valence electrons. The second-order valence-electron chi connectivity index (χ2n) is 4.60. The van der Waals surface area contributed by atoms with E-state index < -0.39 is 0 Å². The summed E-state index contributed by atoms with van der Waals surface area (Å²) in [5.74, 6) is 1.61. The molecule has 3 nitrogen and oxygen atoms in total. The van der Waals surface area contributed by atoms with Gasteiger partial charge in [-0.2, -0.15) is 0 Å². The minimum absolute atomic E-state index is 0.155. The molecule has 0 aliphatic rings. The first kappa shape index (κ1) is 15.6. The van der Waals surface area contributed by atoms with E-state index in [1.165, 1.54) is 0 Å². The molecule has 3 heteroatoms. The molecule has 0 aromatic heterocycles. The number of benzene rings is 1. The van der Waals surface area contributed by atoms with Gasteiger partial charge in [-0.3, -0.25) is 0 Å². The molecule has 0 fully saturated rings. The monoisotopic (exact) mass is 263 g/mol. The van der Waals surface area contributed by atoms with E-state index in [1.54, 1.807) is 7.11 Å². The fraction of sp³-hybridized carbons (Fsp3) is 0.500. The summed E-state index contributed by atoms with van der Waals surface area (Å²) < 4.78 is 11.3. The number of allylic oxidation sites excluding steroid dienone is 1. The van der Waals surface area contributed by atoms with Crippen LogP contribution in [0.5, 0.6) is 11.5 Å². The van der Waals surface area contributed by atoms with Gasteiger partial charge in [-0.15, -0.1) is 6.58 Å². The Balaban J connectivity index is 2.80. The largest absolute Gasteiger partial charge is 0.493 e. The third kappa shape index (κ3) is 4.95. The Morgan fingerprint density at radius 3 is 2.84 bits per heavy atom. The van der Waals surface area contributed by atoms with Gasteiger partial charge < -0.3 is 15.2 Å². The molecule has 0 aliphatic carbocycles. The molecule has 1 aromatic rings. The lowest BCUT2D eigenvalue weighted by atomic mass is 10.0. The van der Waals surface area contributed by atoms with Crippen molar-refractivity contribution in [1.82, 2.24) is 0 Å². The van der Waals surface area contributed by atoms with Crippen LogP contribution in [0.1, 0.15) is 31.7 Å². The van der Waals surface area contributed by atoms with Crippen molar-refractivity contribution in [3.05, 3.63) is 36.4 Å². The highest BCUT2D eigenvalue weighted by Crippen LogP contribution is 2.32. The van der Waals surface area contributed by atoms with Gasteiger partial charge in [-0.1, -0.05) is 25.1 Å². The third-order valence-corrected chi connectivity index (χ3v) is 3.09. The molecule has 0 aliphatic heterocycles. The third-order valence-electron chi connectivity index (χ3n) is 3.09. The molecule has 1 unspecified atom stereocenters. The fourth-order valence-electron chi connectivity index (χ4n) is 1.88. The van der Waals surface area contributed by atoms with Crippen LogP contribution in [0.3, 0.4) is 0 Å². The number of rotatable bonds is 9. The van der Waals surface area contributed by atoms with Crippen molar-refractivity contribution in [2.45, 2.75) is 38.6 Å². The van der Waals surface area contributed by atoms with Crippen LogP contribution in [0.15, 0.2) is 30.9 Å². The van der Waals surface area contributed by atoms with Crippen molar-refractivity contribution in [2.24, 2.45) is 5.73 Å². The highest BCUT2D eigenvalue weighted by atomic mass is 16.5. The topological polar surface area (TPSA) is 44.5 Å². The summed E-state index contributed by atoms with van der Waals surface area (Å²) in [4.78, 5) is 0. The molecule has 1 atom stereocenters. The standard InChI is InChI=1S/C16H25NO2/c1-4-6-7-11-19-16-13(12-14(17)5-2)9-8-10-15(16)18-3/h4,8-10,14H,1,5-7,11-12,17H2,2-3H3. The van der Waals surface area contributed by atoms with Crippen LogP contribution in [-0.2, 0) is 6.42 Å². The fourth-order valence-corrected chi connectivity index (χ4v) is 1.88. The smallest absolute Gasteiger partial charge is 0.164 e. The Morgan fingerprint density at radius 1 is 1.42 bits per heavy atom. The molecule has 0 radical (unpaired) electrons. The first-order valence-corrected chi connectivity index (χ1v) is 6.88. The number of methoxy groups -OCH3 is 1. The van der Waals surface area contributed by atoms with Crippen LogP contribution in [0, 0.1) is 0 Å². The highest BCUT2D eigenvalue weighted by Gasteiger charge is 2.12. The van der Waals surface area contributed by atoms with E-state index in [-0.39, 0.29) is 6.04 Å². The molecule has 0 saturated carbocycles. The predicted octanol–water partition coefficient (Wildman–Crippen LogP) is 3.32. The van der Waals surface area contributed by atoms with Gasteiger partial charge in [-0.05, 0) is 37.3 Å². The number of nitrogens with two attached hydrogens (primary N) is 1. The van der Waals surface area contributed by atoms with Crippen LogP contribution in [0.2, 0.25) is 0 Å². The molecule has 1 rings (SSSR count). The van der Waals surface area contributed by atoms with Gasteiger partial charge in [-0.25, -0.2) is 0 Å². The molecular formula is C16H25NO2. The average molecular weight is 263 g/mol. The Morgan fingerprint density at radius 2 is 2.21 bits per heavy atom. The molecule has 0 heterocycles. The first-order chi connectivity index (χ1) is 9.22. The molecule has 2 N–H and O–H groups in total. The van der Waals surface area contributed by atoms with Crippen molar-refractivity contribution in [2.75, 3.05) is 13.7 Å². The molecular weight excluding hydrogens is 238 g/mol. The summed E-state index contributed by atoms with van der Waals surface area (Å²) >= 11 is 0. The van der Waals surface area contributed by atoms with Crippen LogP contribution < -0.4 is 15.2 Å². The highest BCUT2D eigenvalue weighted by molar-refractivity contribution is 5.47. The van der Waals surface area contributed by atoms with Crippen LogP contribution in [0.25, 0.3) is 0 Å². The summed E-state index contributed by atoms with van der Waals surface area (Å²) in [5.41, 5.74) is 7.15. The summed E-state index contributed by atoms with van der Waals surface area (Å²) in [7, 11) is 1.66. The maximum atomic E-state index is 6.03.